The van der Waals surface area contributed by atoms with Gasteiger partial charge in [-0.05, 0) is 47.7 Å². The fourth-order valence-corrected chi connectivity index (χ4v) is 2.32. The molecule has 1 nitrogen and oxygen atoms in total. The van der Waals surface area contributed by atoms with Crippen LogP contribution in [0.3, 0.4) is 0 Å². The molecule has 0 aromatic heterocycles. The summed E-state index contributed by atoms with van der Waals surface area (Å²) in [6, 6.07) is 2.92. The molecule has 0 radical (unpaired) electrons. The molecule has 1 saturated carbocycles. The maximum absolute atomic E-state index is 13.3. The third-order valence-corrected chi connectivity index (χ3v) is 3.54. The summed E-state index contributed by atoms with van der Waals surface area (Å²) in [5.74, 6) is 0.127. The topological polar surface area (TPSA) is 9.23 Å². The Hall–Kier alpha value is -0.280. The molecule has 0 spiro atoms. The maximum atomic E-state index is 13.3. The van der Waals surface area contributed by atoms with Gasteiger partial charge in [-0.25, -0.2) is 4.39 Å². The van der Waals surface area contributed by atoms with Gasteiger partial charge < -0.3 is 4.74 Å². The summed E-state index contributed by atoms with van der Waals surface area (Å²) in [5.41, 5.74) is 0. The van der Waals surface area contributed by atoms with Crippen molar-refractivity contribution in [2.45, 2.75) is 31.8 Å². The minimum absolute atomic E-state index is 0.208. The molecule has 1 aromatic carbocycles. The van der Waals surface area contributed by atoms with Crippen LogP contribution in [0, 0.1) is 5.82 Å². The van der Waals surface area contributed by atoms with Gasteiger partial charge in [-0.3, -0.25) is 0 Å². The van der Waals surface area contributed by atoms with E-state index in [-0.39, 0.29) is 11.9 Å². The molecule has 0 heterocycles. The van der Waals surface area contributed by atoms with E-state index >= 15 is 0 Å². The molecule has 15 heavy (non-hydrogen) atoms. The predicted octanol–water partition coefficient (Wildman–Crippen LogP) is 4.56. The fourth-order valence-electron chi connectivity index (χ4n) is 1.80. The number of halogens is 3. The average molecular weight is 294 g/mol. The standard InChI is InChI=1S/C11H11BrClFO/c12-11-9(14)5-7(13)6-10(11)15-8-3-1-2-4-8/h5-6,8H,1-4H2. The number of rotatable bonds is 2. The van der Waals surface area contributed by atoms with E-state index in [0.29, 0.717) is 15.2 Å². The number of hydrogen-bond acceptors (Lipinski definition) is 1. The van der Waals surface area contributed by atoms with Crippen molar-refractivity contribution in [1.82, 2.24) is 0 Å². The smallest absolute Gasteiger partial charge is 0.142 e. The zero-order valence-electron chi connectivity index (χ0n) is 8.10. The van der Waals surface area contributed by atoms with Crippen molar-refractivity contribution >= 4 is 27.5 Å². The van der Waals surface area contributed by atoms with E-state index in [1.165, 1.54) is 18.9 Å². The molecule has 1 aliphatic rings. The highest BCUT2D eigenvalue weighted by atomic mass is 79.9. The maximum Gasteiger partial charge on any atom is 0.142 e. The van der Waals surface area contributed by atoms with Gasteiger partial charge in [0.25, 0.3) is 0 Å². The second kappa shape index (κ2) is 4.71. The molecular formula is C11H11BrClFO. The van der Waals surface area contributed by atoms with Gasteiger partial charge in [0, 0.05) is 11.1 Å². The summed E-state index contributed by atoms with van der Waals surface area (Å²) in [6.45, 7) is 0. The first-order valence-corrected chi connectivity index (χ1v) is 6.15. The first-order chi connectivity index (χ1) is 7.16. The van der Waals surface area contributed by atoms with Gasteiger partial charge >= 0.3 is 0 Å². The Labute approximate surface area is 102 Å². The van der Waals surface area contributed by atoms with E-state index in [9.17, 15) is 4.39 Å². The zero-order chi connectivity index (χ0) is 10.8. The summed E-state index contributed by atoms with van der Waals surface area (Å²) in [4.78, 5) is 0. The Morgan fingerprint density at radius 3 is 2.67 bits per heavy atom. The van der Waals surface area contributed by atoms with Crippen LogP contribution >= 0.6 is 27.5 Å². The Morgan fingerprint density at radius 2 is 2.00 bits per heavy atom. The largest absolute Gasteiger partial charge is 0.489 e. The number of hydrogen-bond donors (Lipinski definition) is 0. The van der Waals surface area contributed by atoms with Crippen LogP contribution in [0.2, 0.25) is 5.02 Å². The van der Waals surface area contributed by atoms with E-state index in [1.54, 1.807) is 6.07 Å². The molecule has 0 amide bonds. The van der Waals surface area contributed by atoms with Crippen molar-refractivity contribution in [3.05, 3.63) is 27.4 Å². The van der Waals surface area contributed by atoms with Crippen LogP contribution < -0.4 is 4.74 Å². The third kappa shape index (κ3) is 2.64. The van der Waals surface area contributed by atoms with E-state index < -0.39 is 0 Å². The molecule has 0 aliphatic heterocycles. The molecule has 0 atom stereocenters. The second-order valence-electron chi connectivity index (χ2n) is 3.72. The molecule has 0 bridgehead atoms. The fraction of sp³-hybridized carbons (Fsp3) is 0.455. The van der Waals surface area contributed by atoms with Gasteiger partial charge in [-0.1, -0.05) is 11.6 Å². The van der Waals surface area contributed by atoms with Crippen LogP contribution in [0.5, 0.6) is 5.75 Å². The molecular weight excluding hydrogens is 282 g/mol. The first-order valence-electron chi connectivity index (χ1n) is 4.98. The molecule has 1 aromatic rings. The van der Waals surface area contributed by atoms with Gasteiger partial charge in [0.1, 0.15) is 11.6 Å². The second-order valence-corrected chi connectivity index (χ2v) is 4.95. The first kappa shape index (κ1) is 11.2. The van der Waals surface area contributed by atoms with Crippen molar-refractivity contribution in [2.75, 3.05) is 0 Å². The van der Waals surface area contributed by atoms with Crippen LogP contribution in [0.25, 0.3) is 0 Å². The molecule has 82 valence electrons. The zero-order valence-corrected chi connectivity index (χ0v) is 10.4. The van der Waals surface area contributed by atoms with Gasteiger partial charge in [0.2, 0.25) is 0 Å². The lowest BCUT2D eigenvalue weighted by atomic mass is 10.3. The quantitative estimate of drug-likeness (QED) is 0.726. The van der Waals surface area contributed by atoms with E-state index in [1.807, 2.05) is 0 Å². The van der Waals surface area contributed by atoms with Crippen LogP contribution in [-0.2, 0) is 0 Å². The third-order valence-electron chi connectivity index (χ3n) is 2.56. The van der Waals surface area contributed by atoms with Crippen molar-refractivity contribution in [2.24, 2.45) is 0 Å². The summed E-state index contributed by atoms with van der Waals surface area (Å²) in [7, 11) is 0. The highest BCUT2D eigenvalue weighted by Gasteiger charge is 2.19. The number of ether oxygens (including phenoxy) is 1. The predicted molar refractivity (Wildman–Crippen MR) is 62.0 cm³/mol. The molecule has 4 heteroatoms. The minimum atomic E-state index is -0.379. The average Bonchev–Trinajstić information content (AvgIpc) is 2.66. The summed E-state index contributed by atoms with van der Waals surface area (Å²) in [5, 5.41) is 0.365. The number of benzene rings is 1. The monoisotopic (exact) mass is 292 g/mol. The van der Waals surface area contributed by atoms with Crippen LogP contribution in [0.4, 0.5) is 4.39 Å². The van der Waals surface area contributed by atoms with Crippen LogP contribution in [-0.4, -0.2) is 6.10 Å². The molecule has 0 saturated heterocycles. The summed E-state index contributed by atoms with van der Waals surface area (Å²) < 4.78 is 19.4. The Balaban J connectivity index is 2.19. The van der Waals surface area contributed by atoms with Gasteiger partial charge in [-0.15, -0.1) is 0 Å². The lowest BCUT2D eigenvalue weighted by Gasteiger charge is -2.14. The van der Waals surface area contributed by atoms with Crippen molar-refractivity contribution in [3.63, 3.8) is 0 Å². The van der Waals surface area contributed by atoms with E-state index in [4.69, 9.17) is 16.3 Å². The highest BCUT2D eigenvalue weighted by Crippen LogP contribution is 2.34. The van der Waals surface area contributed by atoms with Gasteiger partial charge in [0.15, 0.2) is 0 Å². The van der Waals surface area contributed by atoms with Crippen molar-refractivity contribution in [3.8, 4) is 5.75 Å². The Bertz CT molecular complexity index is 364. The molecule has 2 rings (SSSR count). The molecule has 0 unspecified atom stereocenters. The van der Waals surface area contributed by atoms with Gasteiger partial charge in [0.05, 0.1) is 10.6 Å². The molecule has 1 fully saturated rings. The summed E-state index contributed by atoms with van der Waals surface area (Å²) in [6.07, 6.45) is 4.66. The van der Waals surface area contributed by atoms with Crippen molar-refractivity contribution < 1.29 is 9.13 Å². The Kier molecular flexibility index (Phi) is 3.52. The Morgan fingerprint density at radius 1 is 1.33 bits per heavy atom. The summed E-state index contributed by atoms with van der Waals surface area (Å²) >= 11 is 8.93. The lowest BCUT2D eigenvalue weighted by molar-refractivity contribution is 0.207. The lowest BCUT2D eigenvalue weighted by Crippen LogP contribution is -2.11. The van der Waals surface area contributed by atoms with Crippen LogP contribution in [0.15, 0.2) is 16.6 Å². The highest BCUT2D eigenvalue weighted by molar-refractivity contribution is 9.10. The van der Waals surface area contributed by atoms with Crippen LogP contribution in [0.1, 0.15) is 25.7 Å². The molecule has 1 aliphatic carbocycles. The SMILES string of the molecule is Fc1cc(Cl)cc(OC2CCCC2)c1Br. The molecule has 0 N–H and O–H groups in total. The normalized spacial score (nSPS) is 17.0. The van der Waals surface area contributed by atoms with Gasteiger partial charge in [-0.2, -0.15) is 0 Å². The van der Waals surface area contributed by atoms with E-state index in [2.05, 4.69) is 15.9 Å². The van der Waals surface area contributed by atoms with Crippen molar-refractivity contribution in [1.29, 1.82) is 0 Å². The van der Waals surface area contributed by atoms with E-state index in [0.717, 1.165) is 12.8 Å². The minimum Gasteiger partial charge on any atom is -0.489 e.